The Hall–Kier alpha value is -1.76. The van der Waals surface area contributed by atoms with Crippen LogP contribution in [-0.4, -0.2) is 59.3 Å². The van der Waals surface area contributed by atoms with Crippen molar-refractivity contribution in [2.75, 3.05) is 43.4 Å². The minimum atomic E-state index is -0.312. The Morgan fingerprint density at radius 1 is 1.30 bits per heavy atom. The summed E-state index contributed by atoms with van der Waals surface area (Å²) in [5.74, 6) is 1.47. The van der Waals surface area contributed by atoms with Gasteiger partial charge in [0, 0.05) is 49.6 Å². The number of nitrogens with zero attached hydrogens (tertiary/aromatic N) is 4. The van der Waals surface area contributed by atoms with Crippen molar-refractivity contribution >= 4 is 23.6 Å². The average Bonchev–Trinajstić information content (AvgIpc) is 2.46. The fourth-order valence-corrected chi connectivity index (χ4v) is 4.33. The van der Waals surface area contributed by atoms with Gasteiger partial charge in [0.05, 0.1) is 6.20 Å². The Labute approximate surface area is 139 Å². The van der Waals surface area contributed by atoms with E-state index in [0.29, 0.717) is 0 Å². The van der Waals surface area contributed by atoms with Gasteiger partial charge in [-0.15, -0.1) is 11.8 Å². The van der Waals surface area contributed by atoms with E-state index < -0.39 is 0 Å². The van der Waals surface area contributed by atoms with Crippen LogP contribution in [0.4, 0.5) is 15.0 Å². The lowest BCUT2D eigenvalue weighted by molar-refractivity contribution is -0.00130. The lowest BCUT2D eigenvalue weighted by Crippen LogP contribution is -2.74. The van der Waals surface area contributed by atoms with Crippen LogP contribution in [0.25, 0.3) is 0 Å². The number of carbonyl (C=O) groups is 1. The zero-order valence-electron chi connectivity index (χ0n) is 13.0. The summed E-state index contributed by atoms with van der Waals surface area (Å²) < 4.78 is 12.9. The fourth-order valence-electron chi connectivity index (χ4n) is 3.56. The molecule has 0 saturated carbocycles. The highest BCUT2D eigenvalue weighted by Gasteiger charge is 2.54. The number of carbonyl (C=O) groups excluding carboxylic acids is 1. The van der Waals surface area contributed by atoms with Crippen molar-refractivity contribution in [3.05, 3.63) is 35.3 Å². The minimum absolute atomic E-state index is 0.128. The molecule has 5 nitrogen and oxygen atoms in total. The van der Waals surface area contributed by atoms with E-state index in [1.165, 1.54) is 12.3 Å². The maximum atomic E-state index is 12.9. The molecule has 3 aliphatic rings. The smallest absolute Gasteiger partial charge is 0.324 e. The van der Waals surface area contributed by atoms with Gasteiger partial charge in [-0.25, -0.2) is 14.2 Å². The van der Waals surface area contributed by atoms with Gasteiger partial charge in [-0.05, 0) is 24.5 Å². The molecule has 4 heterocycles. The van der Waals surface area contributed by atoms with E-state index in [9.17, 15) is 9.18 Å². The highest BCUT2D eigenvalue weighted by Crippen LogP contribution is 2.42. The molecule has 0 unspecified atom stereocenters. The maximum Gasteiger partial charge on any atom is 0.324 e. The second-order valence-corrected chi connectivity index (χ2v) is 7.59. The maximum absolute atomic E-state index is 12.9. The highest BCUT2D eigenvalue weighted by atomic mass is 32.2. The second-order valence-electron chi connectivity index (χ2n) is 6.61. The molecule has 2 amide bonds. The summed E-state index contributed by atoms with van der Waals surface area (Å²) in [5, 5.41) is 2.06. The van der Waals surface area contributed by atoms with Gasteiger partial charge < -0.3 is 9.80 Å². The van der Waals surface area contributed by atoms with Crippen LogP contribution in [0.5, 0.6) is 0 Å². The molecular formula is C16H19FN4OS. The normalized spacial score (nSPS) is 22.5. The summed E-state index contributed by atoms with van der Waals surface area (Å²) >= 11 is 1.76. The number of pyridine rings is 1. The number of rotatable bonds is 1. The number of anilines is 1. The molecule has 0 aromatic carbocycles. The molecule has 23 heavy (non-hydrogen) atoms. The van der Waals surface area contributed by atoms with Crippen molar-refractivity contribution in [1.29, 1.82) is 0 Å². The summed E-state index contributed by atoms with van der Waals surface area (Å²) in [6, 6.07) is 3.28. The summed E-state index contributed by atoms with van der Waals surface area (Å²) in [4.78, 5) is 22.6. The third-order valence-electron chi connectivity index (χ3n) is 4.75. The van der Waals surface area contributed by atoms with Crippen LogP contribution >= 0.6 is 11.8 Å². The zero-order chi connectivity index (χ0) is 16.0. The van der Waals surface area contributed by atoms with Gasteiger partial charge in [0.2, 0.25) is 0 Å². The van der Waals surface area contributed by atoms with Gasteiger partial charge in [0.1, 0.15) is 11.6 Å². The van der Waals surface area contributed by atoms with Gasteiger partial charge in [0.15, 0.2) is 0 Å². The van der Waals surface area contributed by atoms with Crippen molar-refractivity contribution < 1.29 is 9.18 Å². The molecule has 2 saturated heterocycles. The summed E-state index contributed by atoms with van der Waals surface area (Å²) in [6.45, 7) is 6.17. The van der Waals surface area contributed by atoms with E-state index in [-0.39, 0.29) is 17.3 Å². The molecular weight excluding hydrogens is 315 g/mol. The number of thioether (sulfide) groups is 1. The number of allylic oxidation sites excluding steroid dienone is 1. The van der Waals surface area contributed by atoms with E-state index in [2.05, 4.69) is 15.3 Å². The van der Waals surface area contributed by atoms with Crippen molar-refractivity contribution in [2.24, 2.45) is 5.41 Å². The van der Waals surface area contributed by atoms with Crippen LogP contribution in [0.2, 0.25) is 0 Å². The SMILES string of the molecule is CC1=CSCCN1C(=O)N1CC2(C1)CN(c1ccc(F)cn1)C2. The molecule has 1 spiro atoms. The van der Waals surface area contributed by atoms with E-state index in [0.717, 1.165) is 50.0 Å². The quantitative estimate of drug-likeness (QED) is 0.790. The Morgan fingerprint density at radius 2 is 2.09 bits per heavy atom. The van der Waals surface area contributed by atoms with E-state index in [4.69, 9.17) is 0 Å². The number of halogens is 1. The largest absolute Gasteiger partial charge is 0.355 e. The molecule has 0 N–H and O–H groups in total. The van der Waals surface area contributed by atoms with E-state index >= 15 is 0 Å². The topological polar surface area (TPSA) is 39.7 Å². The molecule has 1 aromatic rings. The van der Waals surface area contributed by atoms with Gasteiger partial charge in [-0.2, -0.15) is 0 Å². The predicted molar refractivity (Wildman–Crippen MR) is 88.7 cm³/mol. The number of likely N-dealkylation sites (tertiary alicyclic amines) is 1. The van der Waals surface area contributed by atoms with Gasteiger partial charge in [0.25, 0.3) is 0 Å². The monoisotopic (exact) mass is 334 g/mol. The number of amides is 2. The zero-order valence-corrected chi connectivity index (χ0v) is 13.9. The fraction of sp³-hybridized carbons (Fsp3) is 0.500. The lowest BCUT2D eigenvalue weighted by atomic mass is 9.73. The highest BCUT2D eigenvalue weighted by molar-refractivity contribution is 8.02. The average molecular weight is 334 g/mol. The first-order valence-electron chi connectivity index (χ1n) is 7.78. The Bertz CT molecular complexity index is 649. The van der Waals surface area contributed by atoms with Crippen LogP contribution in [-0.2, 0) is 0 Å². The van der Waals surface area contributed by atoms with Crippen LogP contribution in [0.15, 0.2) is 29.4 Å². The minimum Gasteiger partial charge on any atom is -0.355 e. The number of aromatic nitrogens is 1. The number of urea groups is 1. The van der Waals surface area contributed by atoms with Gasteiger partial charge in [-0.3, -0.25) is 4.90 Å². The van der Waals surface area contributed by atoms with E-state index in [1.54, 1.807) is 17.8 Å². The van der Waals surface area contributed by atoms with Crippen LogP contribution < -0.4 is 4.90 Å². The Morgan fingerprint density at radius 3 is 2.74 bits per heavy atom. The molecule has 0 bridgehead atoms. The molecule has 2 fully saturated rings. The number of hydrogen-bond acceptors (Lipinski definition) is 4. The van der Waals surface area contributed by atoms with Crippen LogP contribution in [0, 0.1) is 11.2 Å². The third-order valence-corrected chi connectivity index (χ3v) is 5.68. The molecule has 0 aliphatic carbocycles. The molecule has 0 radical (unpaired) electrons. The van der Waals surface area contributed by atoms with Crippen molar-refractivity contribution in [3.63, 3.8) is 0 Å². The first-order chi connectivity index (χ1) is 11.1. The van der Waals surface area contributed by atoms with Crippen molar-refractivity contribution in [1.82, 2.24) is 14.8 Å². The van der Waals surface area contributed by atoms with Gasteiger partial charge in [-0.1, -0.05) is 0 Å². The molecule has 3 aliphatic heterocycles. The van der Waals surface area contributed by atoms with Gasteiger partial charge >= 0.3 is 6.03 Å². The Kier molecular flexibility index (Phi) is 3.48. The predicted octanol–water partition coefficient (Wildman–Crippen LogP) is 2.37. The first kappa shape index (κ1) is 14.8. The third kappa shape index (κ3) is 2.56. The summed E-state index contributed by atoms with van der Waals surface area (Å²) in [7, 11) is 0. The molecule has 4 rings (SSSR count). The number of hydrogen-bond donors (Lipinski definition) is 0. The molecule has 0 atom stereocenters. The summed E-state index contributed by atoms with van der Waals surface area (Å²) in [5.41, 5.74) is 1.24. The summed E-state index contributed by atoms with van der Waals surface area (Å²) in [6.07, 6.45) is 1.25. The van der Waals surface area contributed by atoms with Crippen molar-refractivity contribution in [3.8, 4) is 0 Å². The van der Waals surface area contributed by atoms with E-state index in [1.807, 2.05) is 16.7 Å². The first-order valence-corrected chi connectivity index (χ1v) is 8.83. The standard InChI is InChI=1S/C16H19FN4OS/c1-12-7-23-5-4-21(12)15(22)20-10-16(11-20)8-19(9-16)14-3-2-13(17)6-18-14/h2-3,6-7H,4-5,8-11H2,1H3. The van der Waals surface area contributed by atoms with Crippen molar-refractivity contribution in [2.45, 2.75) is 6.92 Å². The molecule has 7 heteroatoms. The molecule has 1 aromatic heterocycles. The van der Waals surface area contributed by atoms with Crippen LogP contribution in [0.1, 0.15) is 6.92 Å². The second kappa shape index (κ2) is 5.40. The Balaban J connectivity index is 1.32. The van der Waals surface area contributed by atoms with Crippen LogP contribution in [0.3, 0.4) is 0 Å². The molecule has 122 valence electrons. The lowest BCUT2D eigenvalue weighted by Gasteiger charge is -2.60.